The van der Waals surface area contributed by atoms with Crippen molar-refractivity contribution in [2.45, 2.75) is 26.2 Å². The average molecular weight is 236 g/mol. The summed E-state index contributed by atoms with van der Waals surface area (Å²) in [6.07, 6.45) is 0. The molecule has 0 heterocycles. The topological polar surface area (TPSA) is 9.23 Å². The fraction of sp³-hybridized carbons (Fsp3) is 0.333. The third kappa shape index (κ3) is 4.16. The standard InChI is InChI=1S/C12H20OSi2/c1-11(12-9-7-6-8-10-12)14(2)13-15(3,4)5/h6-10,14H,1H2,2-5H3. The minimum atomic E-state index is -1.42. The van der Waals surface area contributed by atoms with Gasteiger partial charge in [0.15, 0.2) is 17.4 Å². The molecule has 1 nitrogen and oxygen atoms in total. The molecular formula is C12H20OSi2. The second-order valence-corrected chi connectivity index (χ2v) is 11.9. The molecule has 0 saturated carbocycles. The van der Waals surface area contributed by atoms with Crippen molar-refractivity contribution in [1.29, 1.82) is 0 Å². The van der Waals surface area contributed by atoms with Crippen molar-refractivity contribution in [1.82, 2.24) is 0 Å². The highest BCUT2D eigenvalue weighted by atomic mass is 28.4. The summed E-state index contributed by atoms with van der Waals surface area (Å²) < 4.78 is 6.13. The highest BCUT2D eigenvalue weighted by Gasteiger charge is 2.21. The van der Waals surface area contributed by atoms with E-state index in [1.54, 1.807) is 0 Å². The van der Waals surface area contributed by atoms with Crippen molar-refractivity contribution in [3.8, 4) is 0 Å². The van der Waals surface area contributed by atoms with Gasteiger partial charge in [-0.2, -0.15) is 0 Å². The first kappa shape index (κ1) is 12.4. The van der Waals surface area contributed by atoms with Gasteiger partial charge in [0, 0.05) is 0 Å². The van der Waals surface area contributed by atoms with Gasteiger partial charge < -0.3 is 4.12 Å². The lowest BCUT2D eigenvalue weighted by atomic mass is 10.2. The Morgan fingerprint density at radius 1 is 1.20 bits per heavy atom. The van der Waals surface area contributed by atoms with Crippen LogP contribution in [0.4, 0.5) is 0 Å². The van der Waals surface area contributed by atoms with E-state index in [1.807, 2.05) is 6.07 Å². The van der Waals surface area contributed by atoms with Crippen LogP contribution >= 0.6 is 0 Å². The summed E-state index contributed by atoms with van der Waals surface area (Å²) in [5.74, 6) is 0. The van der Waals surface area contributed by atoms with Crippen LogP contribution < -0.4 is 0 Å². The molecule has 1 rings (SSSR count). The molecule has 0 radical (unpaired) electrons. The first-order chi connectivity index (χ1) is 6.90. The van der Waals surface area contributed by atoms with Gasteiger partial charge in [-0.3, -0.25) is 0 Å². The van der Waals surface area contributed by atoms with Crippen LogP contribution in [0.2, 0.25) is 26.2 Å². The molecule has 0 N–H and O–H groups in total. The SMILES string of the molecule is C=C(c1ccccc1)[SiH](C)O[Si](C)(C)C. The highest BCUT2D eigenvalue weighted by molar-refractivity contribution is 6.84. The van der Waals surface area contributed by atoms with E-state index >= 15 is 0 Å². The van der Waals surface area contributed by atoms with Gasteiger partial charge in [-0.05, 0) is 36.9 Å². The fourth-order valence-electron chi connectivity index (χ4n) is 1.49. The van der Waals surface area contributed by atoms with E-state index in [2.05, 4.69) is 57.0 Å². The summed E-state index contributed by atoms with van der Waals surface area (Å²) >= 11 is 0. The van der Waals surface area contributed by atoms with Crippen molar-refractivity contribution >= 4 is 22.6 Å². The third-order valence-electron chi connectivity index (χ3n) is 2.17. The van der Waals surface area contributed by atoms with E-state index < -0.39 is 17.4 Å². The average Bonchev–Trinajstić information content (AvgIpc) is 2.15. The molecule has 0 aliphatic rings. The maximum atomic E-state index is 6.13. The minimum absolute atomic E-state index is 1.21. The number of hydrogen-bond acceptors (Lipinski definition) is 1. The normalized spacial score (nSPS) is 13.6. The molecule has 82 valence electrons. The molecule has 0 fully saturated rings. The molecule has 0 bridgehead atoms. The lowest BCUT2D eigenvalue weighted by Crippen LogP contribution is -2.33. The monoisotopic (exact) mass is 236 g/mol. The molecule has 0 aliphatic carbocycles. The summed E-state index contributed by atoms with van der Waals surface area (Å²) in [4.78, 5) is 0. The largest absolute Gasteiger partial charge is 0.455 e. The Morgan fingerprint density at radius 3 is 2.20 bits per heavy atom. The van der Waals surface area contributed by atoms with Crippen molar-refractivity contribution in [3.63, 3.8) is 0 Å². The first-order valence-corrected chi connectivity index (χ1v) is 10.9. The molecular weight excluding hydrogens is 216 g/mol. The van der Waals surface area contributed by atoms with Gasteiger partial charge in [0.25, 0.3) is 0 Å². The Hall–Kier alpha value is -0.646. The Kier molecular flexibility index (Phi) is 4.07. The minimum Gasteiger partial charge on any atom is -0.455 e. The molecule has 1 atom stereocenters. The van der Waals surface area contributed by atoms with Gasteiger partial charge in [-0.15, -0.1) is 0 Å². The van der Waals surface area contributed by atoms with Crippen LogP contribution in [-0.2, 0) is 4.12 Å². The van der Waals surface area contributed by atoms with Gasteiger partial charge in [0.1, 0.15) is 0 Å². The summed E-state index contributed by atoms with van der Waals surface area (Å²) in [7, 11) is -2.70. The zero-order valence-electron chi connectivity index (χ0n) is 10.1. The first-order valence-electron chi connectivity index (χ1n) is 5.32. The van der Waals surface area contributed by atoms with E-state index in [4.69, 9.17) is 4.12 Å². The Balaban J connectivity index is 2.70. The van der Waals surface area contributed by atoms with Crippen LogP contribution in [0.5, 0.6) is 0 Å². The van der Waals surface area contributed by atoms with E-state index in [9.17, 15) is 0 Å². The highest BCUT2D eigenvalue weighted by Crippen LogP contribution is 2.18. The number of rotatable bonds is 4. The predicted octanol–water partition coefficient (Wildman–Crippen LogP) is 3.44. The molecule has 0 saturated heterocycles. The lowest BCUT2D eigenvalue weighted by molar-refractivity contribution is 0.590. The van der Waals surface area contributed by atoms with Crippen LogP contribution in [0.15, 0.2) is 36.9 Å². The number of benzene rings is 1. The predicted molar refractivity (Wildman–Crippen MR) is 72.9 cm³/mol. The quantitative estimate of drug-likeness (QED) is 0.728. The van der Waals surface area contributed by atoms with Crippen LogP contribution in [0.1, 0.15) is 5.56 Å². The molecule has 0 amide bonds. The zero-order valence-corrected chi connectivity index (χ0v) is 12.2. The molecule has 1 aromatic rings. The van der Waals surface area contributed by atoms with Gasteiger partial charge in [0.2, 0.25) is 0 Å². The van der Waals surface area contributed by atoms with Crippen molar-refractivity contribution in [3.05, 3.63) is 42.5 Å². The molecule has 1 aromatic carbocycles. The smallest absolute Gasteiger partial charge is 0.192 e. The van der Waals surface area contributed by atoms with E-state index in [0.717, 1.165) is 0 Å². The lowest BCUT2D eigenvalue weighted by Gasteiger charge is -2.24. The molecule has 15 heavy (non-hydrogen) atoms. The van der Waals surface area contributed by atoms with Gasteiger partial charge in [-0.1, -0.05) is 36.9 Å². The maximum Gasteiger partial charge on any atom is 0.192 e. The van der Waals surface area contributed by atoms with E-state index in [-0.39, 0.29) is 0 Å². The Labute approximate surface area is 95.7 Å². The summed E-state index contributed by atoms with van der Waals surface area (Å²) in [5.41, 5.74) is 1.23. The Bertz CT molecular complexity index is 327. The van der Waals surface area contributed by atoms with E-state index in [0.29, 0.717) is 0 Å². The van der Waals surface area contributed by atoms with Crippen molar-refractivity contribution in [2.75, 3.05) is 0 Å². The molecule has 1 unspecified atom stereocenters. The van der Waals surface area contributed by atoms with Crippen molar-refractivity contribution in [2.24, 2.45) is 0 Å². The van der Waals surface area contributed by atoms with Gasteiger partial charge in [-0.25, -0.2) is 0 Å². The molecule has 0 aliphatic heterocycles. The zero-order chi connectivity index (χ0) is 11.5. The van der Waals surface area contributed by atoms with E-state index in [1.165, 1.54) is 10.8 Å². The van der Waals surface area contributed by atoms with Crippen LogP contribution in [-0.4, -0.2) is 17.4 Å². The van der Waals surface area contributed by atoms with Crippen molar-refractivity contribution < 1.29 is 4.12 Å². The summed E-state index contributed by atoms with van der Waals surface area (Å²) in [5, 5.41) is 1.21. The Morgan fingerprint density at radius 2 is 1.73 bits per heavy atom. The fourth-order valence-corrected chi connectivity index (χ4v) is 6.96. The number of hydrogen-bond donors (Lipinski definition) is 0. The van der Waals surface area contributed by atoms with Gasteiger partial charge in [0.05, 0.1) is 0 Å². The third-order valence-corrected chi connectivity index (χ3v) is 7.72. The second-order valence-electron chi connectivity index (χ2n) is 4.76. The molecule has 0 aromatic heterocycles. The maximum absolute atomic E-state index is 6.13. The van der Waals surface area contributed by atoms with Crippen LogP contribution in [0.3, 0.4) is 0 Å². The molecule has 3 heteroatoms. The second kappa shape index (κ2) is 4.92. The molecule has 0 spiro atoms. The summed E-state index contributed by atoms with van der Waals surface area (Å²) in [6, 6.07) is 10.4. The van der Waals surface area contributed by atoms with Crippen LogP contribution in [0, 0.1) is 0 Å². The van der Waals surface area contributed by atoms with Crippen LogP contribution in [0.25, 0.3) is 5.20 Å². The summed E-state index contributed by atoms with van der Waals surface area (Å²) in [6.45, 7) is 13.1. The van der Waals surface area contributed by atoms with Gasteiger partial charge >= 0.3 is 0 Å².